The molecule has 0 radical (unpaired) electrons. The topological polar surface area (TPSA) is 119 Å². The van der Waals surface area contributed by atoms with Gasteiger partial charge < -0.3 is 15.9 Å². The number of thioether (sulfide) groups is 1. The Hall–Kier alpha value is -2.73. The van der Waals surface area contributed by atoms with Crippen molar-refractivity contribution in [2.45, 2.75) is 64.1 Å². The normalized spacial score (nSPS) is 14.1. The number of carbonyl (C=O) groups excluding carboxylic acids is 1. The molecule has 1 heterocycles. The van der Waals surface area contributed by atoms with Crippen molar-refractivity contribution < 1.29 is 9.53 Å². The summed E-state index contributed by atoms with van der Waals surface area (Å²) >= 11 is 1.18. The molecule has 1 aromatic heterocycles. The second-order valence-electron chi connectivity index (χ2n) is 7.54. The Balaban J connectivity index is 2.01. The van der Waals surface area contributed by atoms with Crippen molar-refractivity contribution in [2.24, 2.45) is 5.92 Å². The molecule has 0 bridgehead atoms. The van der Waals surface area contributed by atoms with Crippen LogP contribution in [-0.4, -0.2) is 31.6 Å². The molecular formula is C20H28N6O2S. The van der Waals surface area contributed by atoms with Gasteiger partial charge in [-0.3, -0.25) is 4.79 Å². The molecule has 3 N–H and O–H groups in total. The zero-order valence-corrected chi connectivity index (χ0v) is 18.5. The standard InChI is InChI=1S/C20H28N6O2S/c1-12(2)20(6,11-21)23-18(27)15(5)29-19-25-24-17(26(19)22)10-28-16-8-7-13(3)9-14(16)4/h7-9,12,15H,10,22H2,1-6H3,(H,23,27)/t15-,20-/m1/s1. The Labute approximate surface area is 175 Å². The Morgan fingerprint density at radius 3 is 2.66 bits per heavy atom. The first kappa shape index (κ1) is 22.6. The van der Waals surface area contributed by atoms with Crippen LogP contribution >= 0.6 is 11.8 Å². The Morgan fingerprint density at radius 2 is 2.07 bits per heavy atom. The number of aromatic nitrogens is 3. The summed E-state index contributed by atoms with van der Waals surface area (Å²) in [6.07, 6.45) is 0. The summed E-state index contributed by atoms with van der Waals surface area (Å²) in [4.78, 5) is 12.5. The van der Waals surface area contributed by atoms with Gasteiger partial charge in [0.1, 0.15) is 17.9 Å². The predicted octanol–water partition coefficient (Wildman–Crippen LogP) is 2.72. The van der Waals surface area contributed by atoms with Crippen molar-refractivity contribution in [1.82, 2.24) is 20.2 Å². The van der Waals surface area contributed by atoms with Gasteiger partial charge in [0.25, 0.3) is 0 Å². The second-order valence-corrected chi connectivity index (χ2v) is 8.85. The molecule has 8 nitrogen and oxygen atoms in total. The first-order valence-electron chi connectivity index (χ1n) is 9.36. The van der Waals surface area contributed by atoms with Crippen molar-refractivity contribution >= 4 is 17.7 Å². The van der Waals surface area contributed by atoms with Crippen molar-refractivity contribution in [3.05, 3.63) is 35.2 Å². The summed E-state index contributed by atoms with van der Waals surface area (Å²) in [7, 11) is 0. The van der Waals surface area contributed by atoms with Crippen molar-refractivity contribution in [1.29, 1.82) is 5.26 Å². The number of ether oxygens (including phenoxy) is 1. The molecule has 0 unspecified atom stereocenters. The minimum Gasteiger partial charge on any atom is -0.485 e. The summed E-state index contributed by atoms with van der Waals surface area (Å²) in [5, 5.41) is 20.2. The number of benzene rings is 1. The monoisotopic (exact) mass is 416 g/mol. The lowest BCUT2D eigenvalue weighted by molar-refractivity contribution is -0.121. The molecule has 29 heavy (non-hydrogen) atoms. The van der Waals surface area contributed by atoms with Crippen LogP contribution < -0.4 is 15.9 Å². The molecule has 0 aliphatic carbocycles. The maximum Gasteiger partial charge on any atom is 0.234 e. The van der Waals surface area contributed by atoms with Gasteiger partial charge in [0.05, 0.1) is 11.3 Å². The van der Waals surface area contributed by atoms with Gasteiger partial charge in [-0.1, -0.05) is 43.3 Å². The molecule has 1 amide bonds. The highest BCUT2D eigenvalue weighted by atomic mass is 32.2. The number of amides is 1. The largest absolute Gasteiger partial charge is 0.485 e. The van der Waals surface area contributed by atoms with E-state index in [1.807, 2.05) is 45.9 Å². The van der Waals surface area contributed by atoms with E-state index in [0.717, 1.165) is 16.9 Å². The van der Waals surface area contributed by atoms with Gasteiger partial charge in [0.2, 0.25) is 11.1 Å². The maximum absolute atomic E-state index is 12.5. The zero-order chi connectivity index (χ0) is 21.8. The summed E-state index contributed by atoms with van der Waals surface area (Å²) in [6.45, 7) is 11.4. The van der Waals surface area contributed by atoms with Crippen molar-refractivity contribution in [3.63, 3.8) is 0 Å². The highest BCUT2D eigenvalue weighted by Gasteiger charge is 2.32. The van der Waals surface area contributed by atoms with E-state index in [2.05, 4.69) is 21.6 Å². The predicted molar refractivity (Wildman–Crippen MR) is 113 cm³/mol. The molecule has 2 rings (SSSR count). The third-order valence-corrected chi connectivity index (χ3v) is 5.90. The van der Waals surface area contributed by atoms with E-state index in [1.165, 1.54) is 16.4 Å². The van der Waals surface area contributed by atoms with Gasteiger partial charge >= 0.3 is 0 Å². The summed E-state index contributed by atoms with van der Waals surface area (Å²) < 4.78 is 7.13. The first-order chi connectivity index (χ1) is 13.6. The van der Waals surface area contributed by atoms with E-state index in [4.69, 9.17) is 10.6 Å². The van der Waals surface area contributed by atoms with E-state index in [9.17, 15) is 10.1 Å². The summed E-state index contributed by atoms with van der Waals surface area (Å²) in [5.41, 5.74) is 1.25. The number of aryl methyl sites for hydroxylation is 2. The van der Waals surface area contributed by atoms with E-state index in [-0.39, 0.29) is 18.4 Å². The molecule has 156 valence electrons. The quantitative estimate of drug-likeness (QED) is 0.501. The fourth-order valence-electron chi connectivity index (χ4n) is 2.46. The molecular weight excluding hydrogens is 388 g/mol. The maximum atomic E-state index is 12.5. The van der Waals surface area contributed by atoms with E-state index >= 15 is 0 Å². The Kier molecular flexibility index (Phi) is 7.14. The number of hydrogen-bond donors (Lipinski definition) is 2. The zero-order valence-electron chi connectivity index (χ0n) is 17.7. The third kappa shape index (κ3) is 5.41. The molecule has 0 spiro atoms. The van der Waals surface area contributed by atoms with Gasteiger partial charge in [-0.2, -0.15) is 5.26 Å². The molecule has 2 atom stereocenters. The number of nitrogens with zero attached hydrogens (tertiary/aromatic N) is 4. The smallest absolute Gasteiger partial charge is 0.234 e. The van der Waals surface area contributed by atoms with Gasteiger partial charge in [-0.25, -0.2) is 4.68 Å². The third-order valence-electron chi connectivity index (χ3n) is 4.84. The fourth-order valence-corrected chi connectivity index (χ4v) is 3.25. The Morgan fingerprint density at radius 1 is 1.38 bits per heavy atom. The number of nitrogens with one attached hydrogen (secondary N) is 1. The molecule has 9 heteroatoms. The molecule has 0 fully saturated rings. The van der Waals surface area contributed by atoms with Crippen molar-refractivity contribution in [2.75, 3.05) is 5.84 Å². The number of carbonyl (C=O) groups is 1. The lowest BCUT2D eigenvalue weighted by Crippen LogP contribution is -2.51. The molecule has 1 aromatic carbocycles. The number of rotatable bonds is 8. The molecule has 2 aromatic rings. The summed E-state index contributed by atoms with van der Waals surface area (Å²) in [5.74, 6) is 7.00. The van der Waals surface area contributed by atoms with Gasteiger partial charge in [-0.05, 0) is 45.2 Å². The van der Waals surface area contributed by atoms with Crippen LogP contribution in [0, 0.1) is 31.1 Å². The van der Waals surface area contributed by atoms with Crippen LogP contribution in [-0.2, 0) is 11.4 Å². The molecule has 0 saturated carbocycles. The van der Waals surface area contributed by atoms with Crippen LogP contribution in [0.5, 0.6) is 5.75 Å². The van der Waals surface area contributed by atoms with E-state index in [0.29, 0.717) is 11.0 Å². The second kappa shape index (κ2) is 9.18. The number of nitrogen functional groups attached to an aromatic ring is 1. The Bertz CT molecular complexity index is 920. The minimum absolute atomic E-state index is 0.0270. The molecule has 0 aliphatic rings. The number of hydrogen-bond acceptors (Lipinski definition) is 7. The van der Waals surface area contributed by atoms with Crippen LogP contribution in [0.25, 0.3) is 0 Å². The van der Waals surface area contributed by atoms with Crippen LogP contribution in [0.15, 0.2) is 23.4 Å². The van der Waals surface area contributed by atoms with Gasteiger partial charge in [-0.15, -0.1) is 10.2 Å². The fraction of sp³-hybridized carbons (Fsp3) is 0.500. The van der Waals surface area contributed by atoms with E-state index in [1.54, 1.807) is 13.8 Å². The lowest BCUT2D eigenvalue weighted by atomic mass is 9.90. The van der Waals surface area contributed by atoms with Crippen molar-refractivity contribution in [3.8, 4) is 11.8 Å². The van der Waals surface area contributed by atoms with Crippen LogP contribution in [0.1, 0.15) is 44.6 Å². The highest BCUT2D eigenvalue weighted by Crippen LogP contribution is 2.24. The van der Waals surface area contributed by atoms with Crippen LogP contribution in [0.3, 0.4) is 0 Å². The molecule has 0 aliphatic heterocycles. The minimum atomic E-state index is -0.937. The lowest BCUT2D eigenvalue weighted by Gasteiger charge is -2.28. The number of nitrogens with two attached hydrogens (primary N) is 1. The number of nitriles is 1. The average Bonchev–Trinajstić information content (AvgIpc) is 3.00. The average molecular weight is 417 g/mol. The van der Waals surface area contributed by atoms with Gasteiger partial charge in [0, 0.05) is 0 Å². The first-order valence-corrected chi connectivity index (χ1v) is 10.2. The van der Waals surface area contributed by atoms with Gasteiger partial charge in [0.15, 0.2) is 5.82 Å². The molecule has 0 saturated heterocycles. The SMILES string of the molecule is Cc1ccc(OCc2nnc(S[C@H](C)C(=O)N[C@](C)(C#N)C(C)C)n2N)c(C)c1. The highest BCUT2D eigenvalue weighted by molar-refractivity contribution is 8.00. The van der Waals surface area contributed by atoms with Crippen LogP contribution in [0.4, 0.5) is 0 Å². The van der Waals surface area contributed by atoms with E-state index < -0.39 is 10.8 Å². The summed E-state index contributed by atoms with van der Waals surface area (Å²) in [6, 6.07) is 8.09. The van der Waals surface area contributed by atoms with Crippen LogP contribution in [0.2, 0.25) is 0 Å².